The molecule has 1 rings (SSSR count). The van der Waals surface area contributed by atoms with Gasteiger partial charge in [-0.15, -0.1) is 0 Å². The quantitative estimate of drug-likeness (QED) is 0.493. The van der Waals surface area contributed by atoms with Gasteiger partial charge in [0.05, 0.1) is 0 Å². The Bertz CT molecular complexity index is 203. The van der Waals surface area contributed by atoms with E-state index < -0.39 is 0 Å². The van der Waals surface area contributed by atoms with Crippen molar-refractivity contribution in [2.45, 2.75) is 13.3 Å². The molecular weight excluding hydrogens is 126 g/mol. The van der Waals surface area contributed by atoms with Gasteiger partial charge < -0.3 is 4.90 Å². The minimum absolute atomic E-state index is 0.146. The molecule has 0 aromatic carbocycles. The SMILES string of the molecule is CC1=CCC(=O)N(C)C=C1. The maximum atomic E-state index is 11.0. The van der Waals surface area contributed by atoms with E-state index in [4.69, 9.17) is 0 Å². The normalized spacial score (nSPS) is 18.8. The highest BCUT2D eigenvalue weighted by atomic mass is 16.2. The summed E-state index contributed by atoms with van der Waals surface area (Å²) < 4.78 is 0. The lowest BCUT2D eigenvalue weighted by molar-refractivity contribution is -0.126. The fraction of sp³-hybridized carbons (Fsp3) is 0.375. The van der Waals surface area contributed by atoms with Gasteiger partial charge >= 0.3 is 0 Å². The van der Waals surface area contributed by atoms with Crippen molar-refractivity contribution in [3.8, 4) is 0 Å². The van der Waals surface area contributed by atoms with Crippen LogP contribution in [0.5, 0.6) is 0 Å². The predicted octanol–water partition coefficient (Wildman–Crippen LogP) is 1.31. The van der Waals surface area contributed by atoms with E-state index >= 15 is 0 Å². The first-order valence-electron chi connectivity index (χ1n) is 3.31. The zero-order chi connectivity index (χ0) is 7.56. The van der Waals surface area contributed by atoms with Crippen molar-refractivity contribution < 1.29 is 4.79 Å². The molecule has 0 atom stereocenters. The molecule has 10 heavy (non-hydrogen) atoms. The summed E-state index contributed by atoms with van der Waals surface area (Å²) >= 11 is 0. The molecule has 2 heteroatoms. The highest BCUT2D eigenvalue weighted by Crippen LogP contribution is 2.05. The van der Waals surface area contributed by atoms with Crippen molar-refractivity contribution in [2.24, 2.45) is 0 Å². The van der Waals surface area contributed by atoms with Crippen LogP contribution in [-0.4, -0.2) is 17.9 Å². The van der Waals surface area contributed by atoms with E-state index in [0.717, 1.165) is 5.57 Å². The largest absolute Gasteiger partial charge is 0.322 e. The Hall–Kier alpha value is -1.05. The topological polar surface area (TPSA) is 20.3 Å². The summed E-state index contributed by atoms with van der Waals surface area (Å²) in [6.07, 6.45) is 6.18. The first kappa shape index (κ1) is 7.06. The third-order valence-corrected chi connectivity index (χ3v) is 1.55. The molecule has 0 bridgehead atoms. The van der Waals surface area contributed by atoms with E-state index in [1.165, 1.54) is 0 Å². The van der Waals surface area contributed by atoms with Crippen molar-refractivity contribution in [3.05, 3.63) is 23.9 Å². The van der Waals surface area contributed by atoms with Crippen LogP contribution in [0.25, 0.3) is 0 Å². The molecule has 0 aromatic heterocycles. The number of hydrogen-bond acceptors (Lipinski definition) is 1. The summed E-state index contributed by atoms with van der Waals surface area (Å²) in [4.78, 5) is 12.6. The monoisotopic (exact) mass is 137 g/mol. The second-order valence-electron chi connectivity index (χ2n) is 2.47. The first-order chi connectivity index (χ1) is 4.70. The van der Waals surface area contributed by atoms with Crippen molar-refractivity contribution in [1.82, 2.24) is 4.90 Å². The van der Waals surface area contributed by atoms with Crippen molar-refractivity contribution >= 4 is 5.91 Å². The van der Waals surface area contributed by atoms with Crippen LogP contribution in [0.2, 0.25) is 0 Å². The van der Waals surface area contributed by atoms with Gasteiger partial charge in [-0.1, -0.05) is 11.6 Å². The third-order valence-electron chi connectivity index (χ3n) is 1.55. The average molecular weight is 137 g/mol. The van der Waals surface area contributed by atoms with E-state index in [0.29, 0.717) is 6.42 Å². The number of allylic oxidation sites excluding steroid dienone is 2. The second-order valence-corrected chi connectivity index (χ2v) is 2.47. The highest BCUT2D eigenvalue weighted by Gasteiger charge is 2.05. The lowest BCUT2D eigenvalue weighted by Crippen LogP contribution is -2.18. The summed E-state index contributed by atoms with van der Waals surface area (Å²) in [7, 11) is 1.77. The molecule has 0 aromatic rings. The van der Waals surface area contributed by atoms with Crippen LogP contribution < -0.4 is 0 Å². The minimum atomic E-state index is 0.146. The number of amides is 1. The zero-order valence-corrected chi connectivity index (χ0v) is 6.29. The Balaban J connectivity index is 2.78. The number of carbonyl (C=O) groups is 1. The Morgan fingerprint density at radius 2 is 2.30 bits per heavy atom. The molecule has 1 amide bonds. The molecule has 1 aliphatic rings. The van der Waals surface area contributed by atoms with Gasteiger partial charge in [0.1, 0.15) is 0 Å². The van der Waals surface area contributed by atoms with Gasteiger partial charge in [-0.2, -0.15) is 0 Å². The maximum Gasteiger partial charge on any atom is 0.230 e. The maximum absolute atomic E-state index is 11.0. The predicted molar refractivity (Wildman–Crippen MR) is 40.3 cm³/mol. The molecule has 0 unspecified atom stereocenters. The van der Waals surface area contributed by atoms with Gasteiger partial charge in [-0.25, -0.2) is 0 Å². The van der Waals surface area contributed by atoms with Crippen LogP contribution in [0.1, 0.15) is 13.3 Å². The standard InChI is InChI=1S/C8H11NO/c1-7-3-4-8(10)9(2)6-5-7/h3,5-6H,4H2,1-2H3. The molecule has 0 aliphatic carbocycles. The molecular formula is C8H11NO. The van der Waals surface area contributed by atoms with Gasteiger partial charge in [0.15, 0.2) is 0 Å². The number of hydrogen-bond donors (Lipinski definition) is 0. The molecule has 0 saturated carbocycles. The van der Waals surface area contributed by atoms with Crippen molar-refractivity contribution in [3.63, 3.8) is 0 Å². The molecule has 1 heterocycles. The fourth-order valence-electron chi connectivity index (χ4n) is 0.773. The Morgan fingerprint density at radius 3 is 3.00 bits per heavy atom. The van der Waals surface area contributed by atoms with Gasteiger partial charge in [-0.3, -0.25) is 4.79 Å². The lowest BCUT2D eigenvalue weighted by Gasteiger charge is -2.07. The van der Waals surface area contributed by atoms with E-state index in [2.05, 4.69) is 0 Å². The molecule has 0 saturated heterocycles. The van der Waals surface area contributed by atoms with E-state index in [-0.39, 0.29) is 5.91 Å². The second kappa shape index (κ2) is 2.69. The molecule has 0 N–H and O–H groups in total. The molecule has 0 spiro atoms. The lowest BCUT2D eigenvalue weighted by atomic mass is 10.2. The number of carbonyl (C=O) groups excluding carboxylic acids is 1. The van der Waals surface area contributed by atoms with Gasteiger partial charge in [0, 0.05) is 19.7 Å². The molecule has 0 radical (unpaired) electrons. The Kier molecular flexibility index (Phi) is 1.90. The van der Waals surface area contributed by atoms with Crippen molar-refractivity contribution in [2.75, 3.05) is 7.05 Å². The minimum Gasteiger partial charge on any atom is -0.322 e. The molecule has 2 nitrogen and oxygen atoms in total. The average Bonchev–Trinajstić information content (AvgIpc) is 2.04. The summed E-state index contributed by atoms with van der Waals surface area (Å²) in [5.41, 5.74) is 1.15. The molecule has 54 valence electrons. The summed E-state index contributed by atoms with van der Waals surface area (Å²) in [6, 6.07) is 0. The fourth-order valence-corrected chi connectivity index (χ4v) is 0.773. The van der Waals surface area contributed by atoms with Gasteiger partial charge in [0.25, 0.3) is 0 Å². The summed E-state index contributed by atoms with van der Waals surface area (Å²) in [5, 5.41) is 0. The van der Waals surface area contributed by atoms with E-state index in [9.17, 15) is 4.79 Å². The van der Waals surface area contributed by atoms with Crippen LogP contribution in [0.4, 0.5) is 0 Å². The van der Waals surface area contributed by atoms with Crippen LogP contribution >= 0.6 is 0 Å². The Labute approximate surface area is 60.8 Å². The summed E-state index contributed by atoms with van der Waals surface area (Å²) in [5.74, 6) is 0.146. The number of nitrogens with zero attached hydrogens (tertiary/aromatic N) is 1. The van der Waals surface area contributed by atoms with Crippen LogP contribution in [-0.2, 0) is 4.79 Å². The highest BCUT2D eigenvalue weighted by molar-refractivity contribution is 5.79. The zero-order valence-electron chi connectivity index (χ0n) is 6.29. The van der Waals surface area contributed by atoms with Crippen LogP contribution in [0.3, 0.4) is 0 Å². The molecule has 0 fully saturated rings. The van der Waals surface area contributed by atoms with Crippen molar-refractivity contribution in [1.29, 1.82) is 0 Å². The number of rotatable bonds is 0. The third kappa shape index (κ3) is 1.47. The summed E-state index contributed by atoms with van der Waals surface area (Å²) in [6.45, 7) is 1.99. The smallest absolute Gasteiger partial charge is 0.230 e. The van der Waals surface area contributed by atoms with E-state index in [1.807, 2.05) is 19.1 Å². The van der Waals surface area contributed by atoms with Crippen LogP contribution in [0.15, 0.2) is 23.9 Å². The van der Waals surface area contributed by atoms with Crippen LogP contribution in [0, 0.1) is 0 Å². The Morgan fingerprint density at radius 1 is 1.60 bits per heavy atom. The first-order valence-corrected chi connectivity index (χ1v) is 3.31. The van der Waals surface area contributed by atoms with E-state index in [1.54, 1.807) is 18.1 Å². The van der Waals surface area contributed by atoms with Gasteiger partial charge in [0.2, 0.25) is 5.91 Å². The molecule has 1 aliphatic heterocycles. The van der Waals surface area contributed by atoms with Gasteiger partial charge in [-0.05, 0) is 13.0 Å².